The maximum absolute atomic E-state index is 12.0. The Morgan fingerprint density at radius 1 is 1.24 bits per heavy atom. The number of carbonyl (C=O) groups excluding carboxylic acids is 1. The van der Waals surface area contributed by atoms with Gasteiger partial charge in [0.2, 0.25) is 10.0 Å². The summed E-state index contributed by atoms with van der Waals surface area (Å²) in [4.78, 5) is 11.3. The van der Waals surface area contributed by atoms with E-state index in [9.17, 15) is 13.2 Å². The zero-order valence-electron chi connectivity index (χ0n) is 12.5. The number of nitrogens with one attached hydrogen (secondary N) is 1. The Balaban J connectivity index is 2.67. The van der Waals surface area contributed by atoms with E-state index < -0.39 is 16.0 Å². The van der Waals surface area contributed by atoms with Crippen molar-refractivity contribution < 1.29 is 22.7 Å². The van der Waals surface area contributed by atoms with Crippen LogP contribution in [0.1, 0.15) is 27.2 Å². The first-order valence-corrected chi connectivity index (χ1v) is 8.28. The van der Waals surface area contributed by atoms with E-state index in [1.807, 2.05) is 6.92 Å². The van der Waals surface area contributed by atoms with Gasteiger partial charge < -0.3 is 9.47 Å². The molecule has 0 aliphatic heterocycles. The van der Waals surface area contributed by atoms with E-state index in [0.29, 0.717) is 18.8 Å². The molecule has 0 unspecified atom stereocenters. The summed E-state index contributed by atoms with van der Waals surface area (Å²) in [7, 11) is -3.53. The van der Waals surface area contributed by atoms with Crippen LogP contribution in [0.15, 0.2) is 29.2 Å². The van der Waals surface area contributed by atoms with Crippen LogP contribution in [0.25, 0.3) is 0 Å². The summed E-state index contributed by atoms with van der Waals surface area (Å²) in [5.41, 5.74) is 0. The summed E-state index contributed by atoms with van der Waals surface area (Å²) >= 11 is 0. The molecule has 0 bridgehead atoms. The van der Waals surface area contributed by atoms with Crippen LogP contribution < -0.4 is 9.46 Å². The topological polar surface area (TPSA) is 81.7 Å². The van der Waals surface area contributed by atoms with Crippen molar-refractivity contribution >= 4 is 16.0 Å². The Hall–Kier alpha value is -1.60. The van der Waals surface area contributed by atoms with E-state index in [1.165, 1.54) is 24.3 Å². The maximum Gasteiger partial charge on any atom is 0.344 e. The molecule has 1 rings (SSSR count). The molecular weight excluding hydrogens is 294 g/mol. The molecule has 0 saturated carbocycles. The highest BCUT2D eigenvalue weighted by Crippen LogP contribution is 2.16. The predicted molar refractivity (Wildman–Crippen MR) is 78.6 cm³/mol. The van der Waals surface area contributed by atoms with E-state index in [2.05, 4.69) is 4.72 Å². The monoisotopic (exact) mass is 315 g/mol. The molecule has 1 atom stereocenters. The van der Waals surface area contributed by atoms with Gasteiger partial charge in [0, 0.05) is 6.04 Å². The third kappa shape index (κ3) is 5.73. The summed E-state index contributed by atoms with van der Waals surface area (Å²) in [5.74, 6) is -0.0572. The van der Waals surface area contributed by atoms with E-state index >= 15 is 0 Å². The van der Waals surface area contributed by atoms with Gasteiger partial charge in [-0.2, -0.15) is 0 Å². The number of hydrogen-bond donors (Lipinski definition) is 1. The molecule has 0 spiro atoms. The lowest BCUT2D eigenvalue weighted by molar-refractivity contribution is -0.145. The summed E-state index contributed by atoms with van der Waals surface area (Å²) in [5, 5.41) is 0. The third-order valence-electron chi connectivity index (χ3n) is 2.76. The van der Waals surface area contributed by atoms with Gasteiger partial charge in [-0.15, -0.1) is 0 Å². The molecule has 0 saturated heterocycles. The number of rotatable bonds is 8. The zero-order valence-corrected chi connectivity index (χ0v) is 13.3. The second kappa shape index (κ2) is 7.99. The molecule has 0 amide bonds. The van der Waals surface area contributed by atoms with Crippen molar-refractivity contribution in [2.24, 2.45) is 0 Å². The number of ether oxygens (including phenoxy) is 2. The molecule has 0 aliphatic rings. The molecule has 1 N–H and O–H groups in total. The Morgan fingerprint density at radius 2 is 1.86 bits per heavy atom. The van der Waals surface area contributed by atoms with Crippen LogP contribution in [0.5, 0.6) is 5.75 Å². The zero-order chi connectivity index (χ0) is 15.9. The number of benzene rings is 1. The number of carbonyl (C=O) groups is 1. The predicted octanol–water partition coefficient (Wildman–Crippen LogP) is 1.71. The van der Waals surface area contributed by atoms with Gasteiger partial charge in [-0.25, -0.2) is 17.9 Å². The standard InChI is InChI=1S/C14H21NO5S/c1-4-11(3)15-21(17,18)13-8-6-12(7-9-13)20-10-14(16)19-5-2/h6-9,11,15H,4-5,10H2,1-3H3/t11-/m1/s1. The van der Waals surface area contributed by atoms with Gasteiger partial charge in [0.15, 0.2) is 6.61 Å². The molecule has 21 heavy (non-hydrogen) atoms. The molecule has 0 fully saturated rings. The fourth-order valence-electron chi connectivity index (χ4n) is 1.48. The Bertz CT molecular complexity index is 553. The van der Waals surface area contributed by atoms with Gasteiger partial charge in [-0.05, 0) is 44.5 Å². The van der Waals surface area contributed by atoms with Gasteiger partial charge in [0.25, 0.3) is 0 Å². The fourth-order valence-corrected chi connectivity index (χ4v) is 2.80. The van der Waals surface area contributed by atoms with Gasteiger partial charge in [0.1, 0.15) is 5.75 Å². The van der Waals surface area contributed by atoms with Gasteiger partial charge in [0.05, 0.1) is 11.5 Å². The first kappa shape index (κ1) is 17.5. The lowest BCUT2D eigenvalue weighted by atomic mass is 10.3. The van der Waals surface area contributed by atoms with Crippen molar-refractivity contribution in [3.63, 3.8) is 0 Å². The smallest absolute Gasteiger partial charge is 0.344 e. The Morgan fingerprint density at radius 3 is 2.38 bits per heavy atom. The second-order valence-electron chi connectivity index (χ2n) is 4.50. The van der Waals surface area contributed by atoms with Crippen LogP contribution in [0.3, 0.4) is 0 Å². The van der Waals surface area contributed by atoms with Gasteiger partial charge in [-0.3, -0.25) is 0 Å². The van der Waals surface area contributed by atoms with Crippen LogP contribution in [0, 0.1) is 0 Å². The quantitative estimate of drug-likeness (QED) is 0.739. The molecule has 6 nitrogen and oxygen atoms in total. The van der Waals surface area contributed by atoms with Crippen LogP contribution in [0.2, 0.25) is 0 Å². The van der Waals surface area contributed by atoms with Crippen LogP contribution in [-0.2, 0) is 19.6 Å². The lowest BCUT2D eigenvalue weighted by Crippen LogP contribution is -2.31. The minimum Gasteiger partial charge on any atom is -0.482 e. The molecule has 1 aromatic rings. The minimum absolute atomic E-state index is 0.130. The number of esters is 1. The first-order valence-electron chi connectivity index (χ1n) is 6.79. The molecule has 0 heterocycles. The van der Waals surface area contributed by atoms with Crippen molar-refractivity contribution in [3.8, 4) is 5.75 Å². The van der Waals surface area contributed by atoms with Crippen LogP contribution in [0.4, 0.5) is 0 Å². The SMILES string of the molecule is CCOC(=O)COc1ccc(S(=O)(=O)N[C@H](C)CC)cc1. The Labute approximate surface area is 125 Å². The van der Waals surface area contributed by atoms with Gasteiger partial charge >= 0.3 is 5.97 Å². The summed E-state index contributed by atoms with van der Waals surface area (Å²) in [6, 6.07) is 5.75. The fraction of sp³-hybridized carbons (Fsp3) is 0.500. The van der Waals surface area contributed by atoms with Crippen LogP contribution in [-0.4, -0.2) is 33.6 Å². The molecule has 0 aliphatic carbocycles. The summed E-state index contributed by atoms with van der Waals surface area (Å²) < 4.78 is 36.6. The maximum atomic E-state index is 12.0. The third-order valence-corrected chi connectivity index (χ3v) is 4.37. The van der Waals surface area contributed by atoms with Crippen molar-refractivity contribution in [3.05, 3.63) is 24.3 Å². The Kier molecular flexibility index (Phi) is 6.64. The minimum atomic E-state index is -3.53. The van der Waals surface area contributed by atoms with E-state index in [0.717, 1.165) is 0 Å². The molecule has 0 radical (unpaired) electrons. The molecule has 118 valence electrons. The second-order valence-corrected chi connectivity index (χ2v) is 6.21. The average molecular weight is 315 g/mol. The molecule has 0 aromatic heterocycles. The molecule has 7 heteroatoms. The normalized spacial score (nSPS) is 12.7. The van der Waals surface area contributed by atoms with E-state index in [-0.39, 0.29) is 17.5 Å². The number of hydrogen-bond acceptors (Lipinski definition) is 5. The summed E-state index contributed by atoms with van der Waals surface area (Å²) in [6.07, 6.45) is 0.708. The highest BCUT2D eigenvalue weighted by atomic mass is 32.2. The van der Waals surface area contributed by atoms with Crippen molar-refractivity contribution in [1.82, 2.24) is 4.72 Å². The molecule has 1 aromatic carbocycles. The molecular formula is C14H21NO5S. The van der Waals surface area contributed by atoms with Crippen LogP contribution >= 0.6 is 0 Å². The first-order chi connectivity index (χ1) is 9.89. The van der Waals surface area contributed by atoms with Crippen molar-refractivity contribution in [2.75, 3.05) is 13.2 Å². The largest absolute Gasteiger partial charge is 0.482 e. The van der Waals surface area contributed by atoms with Gasteiger partial charge in [-0.1, -0.05) is 6.92 Å². The van der Waals surface area contributed by atoms with E-state index in [4.69, 9.17) is 9.47 Å². The summed E-state index contributed by atoms with van der Waals surface area (Å²) in [6.45, 7) is 5.50. The van der Waals surface area contributed by atoms with E-state index in [1.54, 1.807) is 13.8 Å². The highest BCUT2D eigenvalue weighted by molar-refractivity contribution is 7.89. The van der Waals surface area contributed by atoms with Crippen molar-refractivity contribution in [1.29, 1.82) is 0 Å². The van der Waals surface area contributed by atoms with Crippen molar-refractivity contribution in [2.45, 2.75) is 38.1 Å². The average Bonchev–Trinajstić information content (AvgIpc) is 2.45. The number of sulfonamides is 1. The highest BCUT2D eigenvalue weighted by Gasteiger charge is 2.16. The lowest BCUT2D eigenvalue weighted by Gasteiger charge is -2.12.